The summed E-state index contributed by atoms with van der Waals surface area (Å²) in [4.78, 5) is 0. The van der Waals surface area contributed by atoms with Crippen molar-refractivity contribution in [2.24, 2.45) is 0 Å². The van der Waals surface area contributed by atoms with Crippen molar-refractivity contribution in [2.45, 2.75) is 6.10 Å². The molecule has 0 aliphatic carbocycles. The molecule has 3 aromatic rings. The number of hydrogen-bond donors (Lipinski definition) is 1. The summed E-state index contributed by atoms with van der Waals surface area (Å²) in [6, 6.07) is 12.7. The number of aliphatic hydroxyl groups excluding tert-OH is 1. The Morgan fingerprint density at radius 3 is 2.43 bits per heavy atom. The van der Waals surface area contributed by atoms with E-state index >= 15 is 0 Å². The number of hydrogen-bond acceptors (Lipinski definition) is 2. The minimum absolute atomic E-state index is 0.279. The molecule has 0 fully saturated rings. The van der Waals surface area contributed by atoms with Gasteiger partial charge in [0.05, 0.1) is 11.9 Å². The van der Waals surface area contributed by atoms with Crippen LogP contribution in [0.1, 0.15) is 17.2 Å². The third-order valence-electron chi connectivity index (χ3n) is 3.20. The first-order valence-corrected chi connectivity index (χ1v) is 6.38. The van der Waals surface area contributed by atoms with Gasteiger partial charge in [0.1, 0.15) is 6.10 Å². The summed E-state index contributed by atoms with van der Waals surface area (Å²) < 4.78 is 27.7. The van der Waals surface area contributed by atoms with Crippen LogP contribution in [0.4, 0.5) is 8.78 Å². The van der Waals surface area contributed by atoms with Gasteiger partial charge in [0.2, 0.25) is 0 Å². The quantitative estimate of drug-likeness (QED) is 0.802. The molecule has 0 aliphatic heterocycles. The SMILES string of the molecule is OC(c1ccc(F)c(F)c1)c1cnn(-c2ccccc2)c1. The zero-order valence-electron chi connectivity index (χ0n) is 10.9. The first-order chi connectivity index (χ1) is 10.1. The van der Waals surface area contributed by atoms with Crippen LogP contribution in [0.25, 0.3) is 5.69 Å². The van der Waals surface area contributed by atoms with E-state index in [1.54, 1.807) is 10.9 Å². The van der Waals surface area contributed by atoms with E-state index in [0.717, 1.165) is 17.8 Å². The van der Waals surface area contributed by atoms with Crippen molar-refractivity contribution in [1.82, 2.24) is 9.78 Å². The number of nitrogens with zero attached hydrogens (tertiary/aromatic N) is 2. The Bertz CT molecular complexity index is 756. The highest BCUT2D eigenvalue weighted by molar-refractivity contribution is 5.33. The zero-order valence-corrected chi connectivity index (χ0v) is 10.9. The Labute approximate surface area is 120 Å². The average molecular weight is 286 g/mol. The second-order valence-corrected chi connectivity index (χ2v) is 4.63. The molecule has 3 rings (SSSR count). The molecule has 0 saturated carbocycles. The molecular formula is C16H12F2N2O. The molecule has 1 heterocycles. The summed E-state index contributed by atoms with van der Waals surface area (Å²) in [5, 5.41) is 14.4. The number of rotatable bonds is 3. The molecule has 2 aromatic carbocycles. The standard InChI is InChI=1S/C16H12F2N2O/c17-14-7-6-11(8-15(14)18)16(21)12-9-19-20(10-12)13-4-2-1-3-5-13/h1-10,16,21H. The minimum Gasteiger partial charge on any atom is -0.384 e. The van der Waals surface area contributed by atoms with Crippen molar-refractivity contribution in [3.63, 3.8) is 0 Å². The highest BCUT2D eigenvalue weighted by Crippen LogP contribution is 2.23. The summed E-state index contributed by atoms with van der Waals surface area (Å²) in [6.45, 7) is 0. The summed E-state index contributed by atoms with van der Waals surface area (Å²) in [5.74, 6) is -1.92. The topological polar surface area (TPSA) is 38.1 Å². The van der Waals surface area contributed by atoms with Gasteiger partial charge in [-0.05, 0) is 29.8 Å². The monoisotopic (exact) mass is 286 g/mol. The van der Waals surface area contributed by atoms with Crippen LogP contribution in [-0.4, -0.2) is 14.9 Å². The van der Waals surface area contributed by atoms with Gasteiger partial charge in [-0.25, -0.2) is 13.5 Å². The summed E-state index contributed by atoms with van der Waals surface area (Å²) in [5.41, 5.74) is 1.63. The molecule has 1 atom stereocenters. The predicted molar refractivity (Wildman–Crippen MR) is 74.0 cm³/mol. The Morgan fingerprint density at radius 2 is 1.71 bits per heavy atom. The molecular weight excluding hydrogens is 274 g/mol. The maximum atomic E-state index is 13.2. The van der Waals surface area contributed by atoms with Gasteiger partial charge in [-0.3, -0.25) is 0 Å². The van der Waals surface area contributed by atoms with E-state index in [1.807, 2.05) is 30.3 Å². The van der Waals surface area contributed by atoms with Gasteiger partial charge in [0.15, 0.2) is 11.6 Å². The van der Waals surface area contributed by atoms with Crippen molar-refractivity contribution in [1.29, 1.82) is 0 Å². The van der Waals surface area contributed by atoms with Crippen molar-refractivity contribution in [3.8, 4) is 5.69 Å². The van der Waals surface area contributed by atoms with Crippen molar-refractivity contribution >= 4 is 0 Å². The number of para-hydroxylation sites is 1. The Balaban J connectivity index is 1.90. The van der Waals surface area contributed by atoms with Crippen LogP contribution in [0.2, 0.25) is 0 Å². The second-order valence-electron chi connectivity index (χ2n) is 4.63. The molecule has 1 unspecified atom stereocenters. The van der Waals surface area contributed by atoms with Gasteiger partial charge >= 0.3 is 0 Å². The number of aromatic nitrogens is 2. The lowest BCUT2D eigenvalue weighted by molar-refractivity contribution is 0.219. The van der Waals surface area contributed by atoms with E-state index in [9.17, 15) is 13.9 Å². The molecule has 5 heteroatoms. The molecule has 0 radical (unpaired) electrons. The lowest BCUT2D eigenvalue weighted by Gasteiger charge is -2.09. The van der Waals surface area contributed by atoms with Gasteiger partial charge in [-0.1, -0.05) is 24.3 Å². The Hall–Kier alpha value is -2.53. The largest absolute Gasteiger partial charge is 0.384 e. The number of halogens is 2. The number of aliphatic hydroxyl groups is 1. The molecule has 0 spiro atoms. The molecule has 106 valence electrons. The van der Waals surface area contributed by atoms with Gasteiger partial charge in [0, 0.05) is 11.8 Å². The average Bonchev–Trinajstić information content (AvgIpc) is 3.00. The third-order valence-corrected chi connectivity index (χ3v) is 3.20. The molecule has 3 nitrogen and oxygen atoms in total. The summed E-state index contributed by atoms with van der Waals surface area (Å²) in [6.07, 6.45) is 2.10. The minimum atomic E-state index is -1.06. The Morgan fingerprint density at radius 1 is 0.952 bits per heavy atom. The molecule has 0 aliphatic rings. The van der Waals surface area contributed by atoms with E-state index in [4.69, 9.17) is 0 Å². The van der Waals surface area contributed by atoms with Gasteiger partial charge in [-0.2, -0.15) is 5.10 Å². The van der Waals surface area contributed by atoms with E-state index in [1.165, 1.54) is 12.3 Å². The van der Waals surface area contributed by atoms with Crippen LogP contribution < -0.4 is 0 Å². The third kappa shape index (κ3) is 2.68. The van der Waals surface area contributed by atoms with Crippen LogP contribution >= 0.6 is 0 Å². The molecule has 0 amide bonds. The van der Waals surface area contributed by atoms with Crippen LogP contribution in [0.5, 0.6) is 0 Å². The first-order valence-electron chi connectivity index (χ1n) is 6.38. The zero-order chi connectivity index (χ0) is 14.8. The predicted octanol–water partition coefficient (Wildman–Crippen LogP) is 3.23. The van der Waals surface area contributed by atoms with Crippen LogP contribution in [-0.2, 0) is 0 Å². The molecule has 1 N–H and O–H groups in total. The fourth-order valence-electron chi connectivity index (χ4n) is 2.07. The second kappa shape index (κ2) is 5.46. The lowest BCUT2D eigenvalue weighted by Crippen LogP contribution is -2.00. The van der Waals surface area contributed by atoms with E-state index in [2.05, 4.69) is 5.10 Å². The van der Waals surface area contributed by atoms with Gasteiger partial charge < -0.3 is 5.11 Å². The maximum absolute atomic E-state index is 13.2. The highest BCUT2D eigenvalue weighted by Gasteiger charge is 2.15. The number of benzene rings is 2. The maximum Gasteiger partial charge on any atom is 0.159 e. The van der Waals surface area contributed by atoms with E-state index in [0.29, 0.717) is 5.56 Å². The van der Waals surface area contributed by atoms with Crippen molar-refractivity contribution < 1.29 is 13.9 Å². The van der Waals surface area contributed by atoms with Crippen LogP contribution in [0, 0.1) is 11.6 Å². The van der Waals surface area contributed by atoms with E-state index in [-0.39, 0.29) is 5.56 Å². The highest BCUT2D eigenvalue weighted by atomic mass is 19.2. The van der Waals surface area contributed by atoms with Crippen LogP contribution in [0.3, 0.4) is 0 Å². The molecule has 0 bridgehead atoms. The molecule has 1 aromatic heterocycles. The lowest BCUT2D eigenvalue weighted by atomic mass is 10.0. The van der Waals surface area contributed by atoms with Crippen molar-refractivity contribution in [2.75, 3.05) is 0 Å². The molecule has 21 heavy (non-hydrogen) atoms. The fraction of sp³-hybridized carbons (Fsp3) is 0.0625. The first kappa shape index (κ1) is 13.5. The normalized spacial score (nSPS) is 12.3. The fourth-order valence-corrected chi connectivity index (χ4v) is 2.07. The van der Waals surface area contributed by atoms with Crippen LogP contribution in [0.15, 0.2) is 60.9 Å². The van der Waals surface area contributed by atoms with E-state index < -0.39 is 17.7 Å². The summed E-state index contributed by atoms with van der Waals surface area (Å²) >= 11 is 0. The van der Waals surface area contributed by atoms with Gasteiger partial charge in [0.25, 0.3) is 0 Å². The molecule has 0 saturated heterocycles. The summed E-state index contributed by atoms with van der Waals surface area (Å²) in [7, 11) is 0. The van der Waals surface area contributed by atoms with Gasteiger partial charge in [-0.15, -0.1) is 0 Å². The van der Waals surface area contributed by atoms with Crippen molar-refractivity contribution in [3.05, 3.63) is 83.7 Å². The Kier molecular flexibility index (Phi) is 3.50. The smallest absolute Gasteiger partial charge is 0.159 e.